The molecule has 2 unspecified atom stereocenters. The number of ether oxygens (including phenoxy) is 1. The Kier molecular flexibility index (Phi) is 6.90. The number of nitrogens with zero attached hydrogens (tertiary/aromatic N) is 1. The van der Waals surface area contributed by atoms with Crippen LogP contribution in [0.3, 0.4) is 0 Å². The Balaban J connectivity index is 1.82. The molecule has 3 aliphatic carbocycles. The van der Waals surface area contributed by atoms with E-state index in [0.29, 0.717) is 17.7 Å². The van der Waals surface area contributed by atoms with Crippen molar-refractivity contribution in [1.29, 1.82) is 0 Å². The van der Waals surface area contributed by atoms with E-state index in [1.807, 2.05) is 6.92 Å². The molecule has 1 saturated carbocycles. The number of amides is 1. The lowest BCUT2D eigenvalue weighted by Gasteiger charge is -2.51. The van der Waals surface area contributed by atoms with E-state index >= 15 is 0 Å². The fourth-order valence-corrected chi connectivity index (χ4v) is 7.21. The van der Waals surface area contributed by atoms with Crippen LogP contribution in [-0.2, 0) is 9.53 Å². The Bertz CT molecular complexity index is 1020. The highest BCUT2D eigenvalue weighted by atomic mass is 19.4. The van der Waals surface area contributed by atoms with Crippen molar-refractivity contribution in [2.45, 2.75) is 90.3 Å². The number of likely N-dealkylation sites (tertiary alicyclic amines) is 1. The van der Waals surface area contributed by atoms with E-state index in [9.17, 15) is 38.1 Å². The Labute approximate surface area is 215 Å². The van der Waals surface area contributed by atoms with Crippen LogP contribution >= 0.6 is 0 Å². The lowest BCUT2D eigenvalue weighted by atomic mass is 9.54. The monoisotopic (exact) mass is 529 g/mol. The zero-order valence-corrected chi connectivity index (χ0v) is 22.0. The zero-order valence-electron chi connectivity index (χ0n) is 22.0. The third kappa shape index (κ3) is 3.97. The van der Waals surface area contributed by atoms with Gasteiger partial charge in [0.1, 0.15) is 12.1 Å². The second-order valence-corrected chi connectivity index (χ2v) is 12.1. The van der Waals surface area contributed by atoms with E-state index < -0.39 is 60.0 Å². The number of rotatable bonds is 2. The first-order valence-corrected chi connectivity index (χ1v) is 13.0. The SMILES string of the molecule is CC1=C[C@]23C(=O)[C@@H](C=C(CO)[C@@H](O)[C@]2(O)[C@H]1OC(=O)N1CCCC1C(F)(F)F)C(C)C(C)(C)CC[C@H]3C. The van der Waals surface area contributed by atoms with Gasteiger partial charge in [0.05, 0.1) is 12.0 Å². The second kappa shape index (κ2) is 9.09. The minimum atomic E-state index is -4.64. The Hall–Kier alpha value is -1.91. The number of Topliss-reactive ketones (excluding diaryl/α,β-unsaturated/α-hetero) is 1. The minimum absolute atomic E-state index is 0.0259. The third-order valence-corrected chi connectivity index (χ3v) is 9.84. The topological polar surface area (TPSA) is 107 Å². The molecule has 7 nitrogen and oxygen atoms in total. The standard InChI is InChI=1S/C27H38F3NO6/c1-14-12-25-15(2)8-9-24(4,5)16(3)18(21(25)34)11-17(13-32)20(33)26(25,36)22(14)37-23(35)31-10-6-7-19(31)27(28,29)30/h11-12,15-16,18-20,22,32-33,36H,6-10,13H2,1-5H3/t15-,16?,18+,19?,20-,22+,25+,26+/m1/s1. The van der Waals surface area contributed by atoms with Crippen LogP contribution in [-0.4, -0.2) is 75.3 Å². The summed E-state index contributed by atoms with van der Waals surface area (Å²) in [6.07, 6.45) is -5.04. The van der Waals surface area contributed by atoms with Crippen molar-refractivity contribution in [1.82, 2.24) is 4.90 Å². The summed E-state index contributed by atoms with van der Waals surface area (Å²) in [5.41, 5.74) is -4.02. The van der Waals surface area contributed by atoms with Crippen LogP contribution in [0.4, 0.5) is 18.0 Å². The highest BCUT2D eigenvalue weighted by molar-refractivity contribution is 5.94. The molecule has 2 fully saturated rings. The molecular weight excluding hydrogens is 491 g/mol. The van der Waals surface area contributed by atoms with Crippen LogP contribution in [0.15, 0.2) is 23.3 Å². The minimum Gasteiger partial charge on any atom is -0.438 e. The molecule has 37 heavy (non-hydrogen) atoms. The quantitative estimate of drug-likeness (QED) is 0.470. The lowest BCUT2D eigenvalue weighted by Crippen LogP contribution is -2.67. The van der Waals surface area contributed by atoms with Gasteiger partial charge in [-0.3, -0.25) is 9.69 Å². The summed E-state index contributed by atoms with van der Waals surface area (Å²) in [5.74, 6) is -1.78. The number of carbonyl (C=O) groups is 2. The van der Waals surface area contributed by atoms with E-state index in [4.69, 9.17) is 4.74 Å². The first kappa shape index (κ1) is 28.1. The van der Waals surface area contributed by atoms with Crippen LogP contribution < -0.4 is 0 Å². The van der Waals surface area contributed by atoms with E-state index in [2.05, 4.69) is 13.8 Å². The van der Waals surface area contributed by atoms with E-state index in [-0.39, 0.29) is 47.6 Å². The van der Waals surface area contributed by atoms with Crippen LogP contribution in [0.1, 0.15) is 60.3 Å². The fraction of sp³-hybridized carbons (Fsp3) is 0.778. The molecule has 8 atom stereocenters. The van der Waals surface area contributed by atoms with Gasteiger partial charge in [-0.05, 0) is 61.0 Å². The predicted octanol–water partition coefficient (Wildman–Crippen LogP) is 3.77. The first-order chi connectivity index (χ1) is 17.0. The molecule has 1 spiro atoms. The Morgan fingerprint density at radius 1 is 1.24 bits per heavy atom. The number of hydrogen-bond acceptors (Lipinski definition) is 6. The number of ketones is 1. The van der Waals surface area contributed by atoms with Gasteiger partial charge in [0.25, 0.3) is 0 Å². The smallest absolute Gasteiger partial charge is 0.411 e. The molecule has 1 amide bonds. The maximum atomic E-state index is 14.4. The van der Waals surface area contributed by atoms with Crippen molar-refractivity contribution in [2.24, 2.45) is 28.6 Å². The molecule has 4 aliphatic rings. The van der Waals surface area contributed by atoms with Gasteiger partial charge in [-0.25, -0.2) is 4.79 Å². The van der Waals surface area contributed by atoms with E-state index in [0.717, 1.165) is 0 Å². The van der Waals surface area contributed by atoms with Crippen LogP contribution in [0.2, 0.25) is 0 Å². The summed E-state index contributed by atoms with van der Waals surface area (Å²) < 4.78 is 46.2. The molecule has 1 saturated heterocycles. The van der Waals surface area contributed by atoms with Crippen LogP contribution in [0, 0.1) is 28.6 Å². The van der Waals surface area contributed by atoms with Gasteiger partial charge in [0.2, 0.25) is 0 Å². The lowest BCUT2D eigenvalue weighted by molar-refractivity contribution is -0.198. The largest absolute Gasteiger partial charge is 0.438 e. The summed E-state index contributed by atoms with van der Waals surface area (Å²) in [7, 11) is 0. The highest BCUT2D eigenvalue weighted by Crippen LogP contribution is 2.61. The van der Waals surface area contributed by atoms with Gasteiger partial charge in [-0.2, -0.15) is 13.2 Å². The van der Waals surface area contributed by atoms with Gasteiger partial charge in [-0.15, -0.1) is 0 Å². The van der Waals surface area contributed by atoms with Crippen LogP contribution in [0.5, 0.6) is 0 Å². The summed E-state index contributed by atoms with van der Waals surface area (Å²) >= 11 is 0. The van der Waals surface area contributed by atoms with E-state index in [1.54, 1.807) is 19.9 Å². The first-order valence-electron chi connectivity index (χ1n) is 13.0. The van der Waals surface area contributed by atoms with Crippen molar-refractivity contribution in [2.75, 3.05) is 13.2 Å². The molecule has 4 rings (SSSR count). The fourth-order valence-electron chi connectivity index (χ4n) is 7.21. The van der Waals surface area contributed by atoms with Gasteiger partial charge < -0.3 is 20.1 Å². The summed E-state index contributed by atoms with van der Waals surface area (Å²) in [6, 6.07) is -2.00. The highest BCUT2D eigenvalue weighted by Gasteiger charge is 2.72. The number of alkyl halides is 3. The van der Waals surface area contributed by atoms with Gasteiger partial charge >= 0.3 is 12.3 Å². The van der Waals surface area contributed by atoms with Crippen molar-refractivity contribution in [3.8, 4) is 0 Å². The molecular formula is C27H38F3NO6. The normalized spacial score (nSPS) is 41.8. The maximum Gasteiger partial charge on any atom is 0.411 e. The predicted molar refractivity (Wildman–Crippen MR) is 128 cm³/mol. The molecule has 0 aromatic rings. The summed E-state index contributed by atoms with van der Waals surface area (Å²) in [4.78, 5) is 28.1. The number of halogens is 3. The molecule has 0 radical (unpaired) electrons. The summed E-state index contributed by atoms with van der Waals surface area (Å²) in [5, 5.41) is 34.1. The Morgan fingerprint density at radius 3 is 2.49 bits per heavy atom. The molecule has 0 aromatic carbocycles. The number of hydrogen-bond donors (Lipinski definition) is 3. The molecule has 0 aromatic heterocycles. The molecule has 10 heteroatoms. The van der Waals surface area contributed by atoms with Crippen LogP contribution in [0.25, 0.3) is 0 Å². The molecule has 2 bridgehead atoms. The number of aliphatic hydroxyl groups is 3. The van der Waals surface area contributed by atoms with Crippen molar-refractivity contribution in [3.63, 3.8) is 0 Å². The average molecular weight is 530 g/mol. The van der Waals surface area contributed by atoms with Gasteiger partial charge in [0.15, 0.2) is 17.5 Å². The summed E-state index contributed by atoms with van der Waals surface area (Å²) in [6.45, 7) is 8.59. The van der Waals surface area contributed by atoms with Gasteiger partial charge in [0, 0.05) is 12.5 Å². The van der Waals surface area contributed by atoms with Crippen molar-refractivity contribution in [3.05, 3.63) is 23.3 Å². The second-order valence-electron chi connectivity index (χ2n) is 12.1. The van der Waals surface area contributed by atoms with Gasteiger partial charge in [-0.1, -0.05) is 39.8 Å². The number of allylic oxidation sites excluding steroid dienone is 1. The average Bonchev–Trinajstić information content (AvgIpc) is 3.39. The number of fused-ring (bicyclic) bond motifs is 1. The third-order valence-electron chi connectivity index (χ3n) is 9.84. The molecule has 1 heterocycles. The number of aliphatic hydroxyl groups excluding tert-OH is 2. The Morgan fingerprint density at radius 2 is 1.89 bits per heavy atom. The van der Waals surface area contributed by atoms with E-state index in [1.165, 1.54) is 6.08 Å². The molecule has 208 valence electrons. The molecule has 1 aliphatic heterocycles. The maximum absolute atomic E-state index is 14.4. The number of carbonyl (C=O) groups excluding carboxylic acids is 2. The zero-order chi connectivity index (χ0) is 27.7. The molecule has 3 N–H and O–H groups in total. The van der Waals surface area contributed by atoms with Crippen molar-refractivity contribution < 1.29 is 42.8 Å². The van der Waals surface area contributed by atoms with Crippen molar-refractivity contribution >= 4 is 11.9 Å².